The van der Waals surface area contributed by atoms with Crippen molar-refractivity contribution in [3.05, 3.63) is 65.7 Å². The molecule has 0 spiro atoms. The van der Waals surface area contributed by atoms with Crippen molar-refractivity contribution in [2.24, 2.45) is 0 Å². The Morgan fingerprint density at radius 1 is 1.04 bits per heavy atom. The first kappa shape index (κ1) is 19.4. The standard InChI is InChI=1S/C24H29NO2S/c1-23(2)25(22(26)18-10-6-4-7-11-18)21-12-8-5-9-17-24(21,28-23)19-13-15-20(27-3)16-14-19/h4,6-7,10-11,13-16,21H,5,8-9,12,17H2,1-3H3/t21-,24-/m1/s1. The van der Waals surface area contributed by atoms with E-state index in [9.17, 15) is 4.79 Å². The molecule has 1 heterocycles. The number of benzene rings is 2. The van der Waals surface area contributed by atoms with Gasteiger partial charge in [0.05, 0.1) is 22.8 Å². The second-order valence-electron chi connectivity index (χ2n) is 8.32. The lowest BCUT2D eigenvalue weighted by Gasteiger charge is -2.37. The number of amides is 1. The van der Waals surface area contributed by atoms with Gasteiger partial charge in [-0.05, 0) is 56.5 Å². The fourth-order valence-electron chi connectivity index (χ4n) is 5.00. The maximum absolute atomic E-state index is 13.6. The molecule has 1 aliphatic heterocycles. The van der Waals surface area contributed by atoms with Crippen molar-refractivity contribution in [2.45, 2.75) is 61.6 Å². The molecule has 4 rings (SSSR count). The van der Waals surface area contributed by atoms with Crippen LogP contribution in [0, 0.1) is 0 Å². The minimum absolute atomic E-state index is 0.0588. The predicted octanol–water partition coefficient (Wildman–Crippen LogP) is 5.85. The molecule has 1 saturated heterocycles. The Kier molecular flexibility index (Phi) is 5.17. The minimum atomic E-state index is -0.255. The third kappa shape index (κ3) is 3.22. The van der Waals surface area contributed by atoms with E-state index in [4.69, 9.17) is 4.74 Å². The Balaban J connectivity index is 1.79. The van der Waals surface area contributed by atoms with Gasteiger partial charge in [0.1, 0.15) is 5.75 Å². The van der Waals surface area contributed by atoms with E-state index in [2.05, 4.69) is 43.0 Å². The van der Waals surface area contributed by atoms with Crippen molar-refractivity contribution in [3.63, 3.8) is 0 Å². The Morgan fingerprint density at radius 3 is 2.43 bits per heavy atom. The molecule has 3 nitrogen and oxygen atoms in total. The summed E-state index contributed by atoms with van der Waals surface area (Å²) in [4.78, 5) is 15.5. The molecule has 1 aliphatic carbocycles. The maximum Gasteiger partial charge on any atom is 0.255 e. The molecule has 2 aromatic carbocycles. The van der Waals surface area contributed by atoms with E-state index in [1.807, 2.05) is 42.1 Å². The predicted molar refractivity (Wildman–Crippen MR) is 116 cm³/mol. The average Bonchev–Trinajstić information content (AvgIpc) is 2.82. The smallest absolute Gasteiger partial charge is 0.255 e. The first-order chi connectivity index (χ1) is 13.5. The highest BCUT2D eigenvalue weighted by atomic mass is 32.2. The van der Waals surface area contributed by atoms with E-state index in [1.54, 1.807) is 7.11 Å². The number of thioether (sulfide) groups is 1. The van der Waals surface area contributed by atoms with Crippen LogP contribution < -0.4 is 4.74 Å². The second kappa shape index (κ2) is 7.47. The van der Waals surface area contributed by atoms with Crippen LogP contribution >= 0.6 is 11.8 Å². The zero-order valence-electron chi connectivity index (χ0n) is 17.0. The highest BCUT2D eigenvalue weighted by molar-refractivity contribution is 8.01. The lowest BCUT2D eigenvalue weighted by molar-refractivity contribution is 0.0553. The summed E-state index contributed by atoms with van der Waals surface area (Å²) in [5.41, 5.74) is 2.10. The molecule has 2 fully saturated rings. The molecule has 0 unspecified atom stereocenters. The van der Waals surface area contributed by atoms with Crippen molar-refractivity contribution in [1.29, 1.82) is 0 Å². The van der Waals surface area contributed by atoms with E-state index in [0.29, 0.717) is 0 Å². The lowest BCUT2D eigenvalue weighted by atomic mass is 9.85. The van der Waals surface area contributed by atoms with Crippen LogP contribution in [0.25, 0.3) is 0 Å². The molecule has 1 saturated carbocycles. The van der Waals surface area contributed by atoms with Gasteiger partial charge >= 0.3 is 0 Å². The van der Waals surface area contributed by atoms with E-state index in [-0.39, 0.29) is 21.6 Å². The van der Waals surface area contributed by atoms with Gasteiger partial charge in [0.2, 0.25) is 0 Å². The highest BCUT2D eigenvalue weighted by Gasteiger charge is 2.58. The van der Waals surface area contributed by atoms with Crippen LogP contribution in [0.5, 0.6) is 5.75 Å². The van der Waals surface area contributed by atoms with Gasteiger partial charge in [0.25, 0.3) is 5.91 Å². The van der Waals surface area contributed by atoms with Crippen LogP contribution in [0.4, 0.5) is 0 Å². The van der Waals surface area contributed by atoms with Gasteiger partial charge in [-0.15, -0.1) is 11.8 Å². The zero-order valence-corrected chi connectivity index (χ0v) is 17.8. The number of methoxy groups -OCH3 is 1. The van der Waals surface area contributed by atoms with Crippen molar-refractivity contribution >= 4 is 17.7 Å². The van der Waals surface area contributed by atoms with Crippen LogP contribution in [0.3, 0.4) is 0 Å². The van der Waals surface area contributed by atoms with Gasteiger partial charge in [-0.1, -0.05) is 49.6 Å². The maximum atomic E-state index is 13.6. The number of hydrogen-bond acceptors (Lipinski definition) is 3. The normalized spacial score (nSPS) is 26.4. The monoisotopic (exact) mass is 395 g/mol. The molecule has 0 N–H and O–H groups in total. The summed E-state index contributed by atoms with van der Waals surface area (Å²) in [6.45, 7) is 4.41. The third-order valence-corrected chi connectivity index (χ3v) is 7.98. The number of fused-ring (bicyclic) bond motifs is 1. The fraction of sp³-hybridized carbons (Fsp3) is 0.458. The van der Waals surface area contributed by atoms with E-state index >= 15 is 0 Å². The van der Waals surface area contributed by atoms with E-state index in [1.165, 1.54) is 24.8 Å². The summed E-state index contributed by atoms with van der Waals surface area (Å²) in [5.74, 6) is 1.03. The number of carbonyl (C=O) groups is 1. The quantitative estimate of drug-likeness (QED) is 0.653. The fourth-order valence-corrected chi connectivity index (χ4v) is 7.06. The summed E-state index contributed by atoms with van der Waals surface area (Å²) in [7, 11) is 1.70. The first-order valence-corrected chi connectivity index (χ1v) is 11.0. The SMILES string of the molecule is COc1ccc([C@]23CCCCC[C@H]2N(C(=O)c2ccccc2)C(C)(C)S3)cc1. The number of nitrogens with zero attached hydrogens (tertiary/aromatic N) is 1. The van der Waals surface area contributed by atoms with Crippen LogP contribution in [-0.4, -0.2) is 28.8 Å². The van der Waals surface area contributed by atoms with Crippen LogP contribution in [-0.2, 0) is 4.75 Å². The van der Waals surface area contributed by atoms with Gasteiger partial charge in [-0.25, -0.2) is 0 Å². The van der Waals surface area contributed by atoms with E-state index in [0.717, 1.165) is 24.2 Å². The molecular formula is C24H29NO2S. The second-order valence-corrected chi connectivity index (χ2v) is 10.3. The summed E-state index contributed by atoms with van der Waals surface area (Å²) in [6.07, 6.45) is 5.79. The van der Waals surface area contributed by atoms with Crippen molar-refractivity contribution in [3.8, 4) is 5.75 Å². The largest absolute Gasteiger partial charge is 0.497 e. The van der Waals surface area contributed by atoms with Crippen molar-refractivity contribution in [2.75, 3.05) is 7.11 Å². The molecule has 0 aromatic heterocycles. The van der Waals surface area contributed by atoms with E-state index < -0.39 is 0 Å². The van der Waals surface area contributed by atoms with Crippen LogP contribution in [0.1, 0.15) is 61.9 Å². The molecule has 2 aromatic rings. The Hall–Kier alpha value is -1.94. The molecule has 1 amide bonds. The minimum Gasteiger partial charge on any atom is -0.497 e. The van der Waals surface area contributed by atoms with Crippen LogP contribution in [0.15, 0.2) is 54.6 Å². The van der Waals surface area contributed by atoms with Crippen molar-refractivity contribution < 1.29 is 9.53 Å². The van der Waals surface area contributed by atoms with Gasteiger partial charge in [-0.3, -0.25) is 4.79 Å². The summed E-state index contributed by atoms with van der Waals surface area (Å²) in [6, 6.07) is 18.5. The van der Waals surface area contributed by atoms with Gasteiger partial charge in [0, 0.05) is 5.56 Å². The Bertz CT molecular complexity index is 833. The van der Waals surface area contributed by atoms with Gasteiger partial charge in [0.15, 0.2) is 0 Å². The number of ether oxygens (including phenoxy) is 1. The van der Waals surface area contributed by atoms with Gasteiger partial charge < -0.3 is 9.64 Å². The lowest BCUT2D eigenvalue weighted by Crippen LogP contribution is -2.49. The summed E-state index contributed by atoms with van der Waals surface area (Å²) < 4.78 is 5.32. The van der Waals surface area contributed by atoms with Crippen molar-refractivity contribution in [1.82, 2.24) is 4.90 Å². The Labute approximate surface area is 172 Å². The average molecular weight is 396 g/mol. The molecule has 148 valence electrons. The zero-order chi connectivity index (χ0) is 19.8. The third-order valence-electron chi connectivity index (χ3n) is 6.21. The number of carbonyl (C=O) groups excluding carboxylic acids is 1. The number of hydrogen-bond donors (Lipinski definition) is 0. The number of rotatable bonds is 3. The first-order valence-electron chi connectivity index (χ1n) is 10.2. The molecular weight excluding hydrogens is 366 g/mol. The Morgan fingerprint density at radius 2 is 1.75 bits per heavy atom. The topological polar surface area (TPSA) is 29.5 Å². The summed E-state index contributed by atoms with van der Waals surface area (Å²) in [5, 5.41) is 0. The molecule has 2 aliphatic rings. The molecule has 28 heavy (non-hydrogen) atoms. The highest BCUT2D eigenvalue weighted by Crippen LogP contribution is 2.61. The molecule has 0 radical (unpaired) electrons. The van der Waals surface area contributed by atoms with Gasteiger partial charge in [-0.2, -0.15) is 0 Å². The van der Waals surface area contributed by atoms with Crippen LogP contribution in [0.2, 0.25) is 0 Å². The molecule has 0 bridgehead atoms. The summed E-state index contributed by atoms with van der Waals surface area (Å²) >= 11 is 1.97. The molecule has 2 atom stereocenters. The molecule has 4 heteroatoms.